The molecule has 3 aliphatic rings. The summed E-state index contributed by atoms with van der Waals surface area (Å²) in [5, 5.41) is 12.0. The number of nitrogens with one attached hydrogen (secondary N) is 1. The number of morpholine rings is 1. The Morgan fingerprint density at radius 3 is 2.48 bits per heavy atom. The molecule has 2 N–H and O–H groups in total. The topological polar surface area (TPSA) is 78.9 Å². The highest BCUT2D eigenvalue weighted by Crippen LogP contribution is 2.48. The summed E-state index contributed by atoms with van der Waals surface area (Å²) < 4.78 is 5.30. The average Bonchev–Trinajstić information content (AvgIpc) is 3.32. The lowest BCUT2D eigenvalue weighted by molar-refractivity contribution is -0.139. The molecule has 0 bridgehead atoms. The highest BCUT2D eigenvalue weighted by atomic mass is 16.5. The summed E-state index contributed by atoms with van der Waals surface area (Å²) in [5.41, 5.74) is 0. The van der Waals surface area contributed by atoms with E-state index in [9.17, 15) is 9.59 Å². The van der Waals surface area contributed by atoms with Crippen LogP contribution < -0.4 is 5.32 Å². The van der Waals surface area contributed by atoms with Crippen molar-refractivity contribution in [2.24, 2.45) is 17.8 Å². The summed E-state index contributed by atoms with van der Waals surface area (Å²) in [4.78, 5) is 24.9. The SMILES string of the molecule is O=C(O)CC1COCCN1C(=O)NCC(C1CC1)C1CC1. The average molecular weight is 296 g/mol. The van der Waals surface area contributed by atoms with Crippen molar-refractivity contribution in [2.75, 3.05) is 26.3 Å². The van der Waals surface area contributed by atoms with E-state index in [0.717, 1.165) is 18.4 Å². The first-order valence-electron chi connectivity index (χ1n) is 7.99. The van der Waals surface area contributed by atoms with Gasteiger partial charge in [-0.2, -0.15) is 0 Å². The summed E-state index contributed by atoms with van der Waals surface area (Å²) in [5.74, 6) is 1.35. The number of aliphatic carboxylic acids is 1. The molecule has 118 valence electrons. The van der Waals surface area contributed by atoms with E-state index < -0.39 is 5.97 Å². The van der Waals surface area contributed by atoms with Crippen LogP contribution >= 0.6 is 0 Å². The predicted octanol–water partition coefficient (Wildman–Crippen LogP) is 1.31. The molecule has 1 heterocycles. The van der Waals surface area contributed by atoms with Crippen molar-refractivity contribution in [3.8, 4) is 0 Å². The van der Waals surface area contributed by atoms with Crippen molar-refractivity contribution in [2.45, 2.75) is 38.1 Å². The van der Waals surface area contributed by atoms with Gasteiger partial charge in [0.15, 0.2) is 0 Å². The smallest absolute Gasteiger partial charge is 0.317 e. The lowest BCUT2D eigenvalue weighted by Crippen LogP contribution is -2.53. The van der Waals surface area contributed by atoms with Gasteiger partial charge in [0.1, 0.15) is 0 Å². The third kappa shape index (κ3) is 3.87. The van der Waals surface area contributed by atoms with Crippen LogP contribution in [-0.2, 0) is 9.53 Å². The Balaban J connectivity index is 1.51. The van der Waals surface area contributed by atoms with Crippen LogP contribution in [0.2, 0.25) is 0 Å². The fourth-order valence-corrected chi connectivity index (χ4v) is 3.37. The maximum Gasteiger partial charge on any atom is 0.317 e. The van der Waals surface area contributed by atoms with Crippen LogP contribution in [0, 0.1) is 17.8 Å². The van der Waals surface area contributed by atoms with Crippen LogP contribution in [0.4, 0.5) is 4.79 Å². The predicted molar refractivity (Wildman–Crippen MR) is 75.9 cm³/mol. The van der Waals surface area contributed by atoms with Gasteiger partial charge in [-0.05, 0) is 43.4 Å². The Morgan fingerprint density at radius 2 is 1.90 bits per heavy atom. The number of carbonyl (C=O) groups excluding carboxylic acids is 1. The van der Waals surface area contributed by atoms with Crippen molar-refractivity contribution in [1.82, 2.24) is 10.2 Å². The van der Waals surface area contributed by atoms with Crippen molar-refractivity contribution >= 4 is 12.0 Å². The third-order valence-electron chi connectivity index (χ3n) is 4.84. The molecule has 6 nitrogen and oxygen atoms in total. The standard InChI is InChI=1S/C15H24N2O4/c18-14(19)7-12-9-21-6-5-17(12)15(20)16-8-13(10-1-2-10)11-3-4-11/h10-13H,1-9H2,(H,16,20)(H,18,19). The molecule has 0 aromatic rings. The van der Waals surface area contributed by atoms with Crippen LogP contribution in [0.1, 0.15) is 32.1 Å². The molecule has 6 heteroatoms. The fourth-order valence-electron chi connectivity index (χ4n) is 3.37. The first-order valence-corrected chi connectivity index (χ1v) is 7.99. The number of carbonyl (C=O) groups is 2. The maximum atomic E-state index is 12.3. The van der Waals surface area contributed by atoms with Gasteiger partial charge in [0.05, 0.1) is 25.7 Å². The zero-order valence-corrected chi connectivity index (χ0v) is 12.3. The highest BCUT2D eigenvalue weighted by Gasteiger charge is 2.41. The quantitative estimate of drug-likeness (QED) is 0.774. The van der Waals surface area contributed by atoms with Gasteiger partial charge in [0, 0.05) is 13.1 Å². The largest absolute Gasteiger partial charge is 0.481 e. The molecule has 2 saturated carbocycles. The molecule has 3 fully saturated rings. The third-order valence-corrected chi connectivity index (χ3v) is 4.84. The van der Waals surface area contributed by atoms with E-state index in [1.165, 1.54) is 25.7 Å². The van der Waals surface area contributed by atoms with E-state index in [0.29, 0.717) is 25.7 Å². The molecule has 0 aromatic heterocycles. The molecule has 1 atom stereocenters. The lowest BCUT2D eigenvalue weighted by atomic mass is 9.98. The van der Waals surface area contributed by atoms with Crippen molar-refractivity contribution in [1.29, 1.82) is 0 Å². The molecule has 1 unspecified atom stereocenters. The number of rotatable bonds is 6. The second-order valence-corrected chi connectivity index (χ2v) is 6.54. The van der Waals surface area contributed by atoms with E-state index in [4.69, 9.17) is 9.84 Å². The van der Waals surface area contributed by atoms with Gasteiger partial charge in [0.2, 0.25) is 0 Å². The Labute approximate surface area is 124 Å². The molecule has 3 rings (SSSR count). The van der Waals surface area contributed by atoms with Crippen molar-refractivity contribution in [3.05, 3.63) is 0 Å². The lowest BCUT2D eigenvalue weighted by Gasteiger charge is -2.35. The first kappa shape index (κ1) is 14.6. The molecule has 1 saturated heterocycles. The molecule has 0 radical (unpaired) electrons. The van der Waals surface area contributed by atoms with Crippen molar-refractivity contribution in [3.63, 3.8) is 0 Å². The van der Waals surface area contributed by atoms with Gasteiger partial charge in [-0.1, -0.05) is 0 Å². The number of carboxylic acid groups (broad SMARTS) is 1. The number of amides is 2. The van der Waals surface area contributed by atoms with Gasteiger partial charge >= 0.3 is 12.0 Å². The summed E-state index contributed by atoms with van der Waals surface area (Å²) in [6.45, 7) is 2.01. The summed E-state index contributed by atoms with van der Waals surface area (Å²) in [6, 6.07) is -0.479. The minimum absolute atomic E-state index is 0.0535. The Kier molecular flexibility index (Phi) is 4.33. The van der Waals surface area contributed by atoms with Crippen LogP contribution in [0.15, 0.2) is 0 Å². The van der Waals surface area contributed by atoms with E-state index in [1.807, 2.05) is 0 Å². The van der Waals surface area contributed by atoms with Gasteiger partial charge in [-0.25, -0.2) is 4.79 Å². The molecule has 0 aromatic carbocycles. The van der Waals surface area contributed by atoms with Crippen LogP contribution in [-0.4, -0.2) is 54.4 Å². The van der Waals surface area contributed by atoms with E-state index in [-0.39, 0.29) is 18.5 Å². The van der Waals surface area contributed by atoms with E-state index in [2.05, 4.69) is 5.32 Å². The minimum Gasteiger partial charge on any atom is -0.481 e. The second-order valence-electron chi connectivity index (χ2n) is 6.54. The van der Waals surface area contributed by atoms with Crippen LogP contribution in [0.25, 0.3) is 0 Å². The Hall–Kier alpha value is -1.30. The zero-order chi connectivity index (χ0) is 14.8. The fraction of sp³-hybridized carbons (Fsp3) is 0.867. The summed E-state index contributed by atoms with van der Waals surface area (Å²) in [6.07, 6.45) is 5.15. The minimum atomic E-state index is -0.892. The molecule has 0 spiro atoms. The van der Waals surface area contributed by atoms with Crippen molar-refractivity contribution < 1.29 is 19.4 Å². The van der Waals surface area contributed by atoms with Crippen LogP contribution in [0.3, 0.4) is 0 Å². The molecular weight excluding hydrogens is 272 g/mol. The number of hydrogen-bond acceptors (Lipinski definition) is 3. The normalized spacial score (nSPS) is 26.0. The summed E-state index contributed by atoms with van der Waals surface area (Å²) >= 11 is 0. The molecule has 2 amide bonds. The molecular formula is C15H24N2O4. The van der Waals surface area contributed by atoms with Gasteiger partial charge in [-0.15, -0.1) is 0 Å². The Bertz CT molecular complexity index is 394. The number of carboxylic acids is 1. The summed E-state index contributed by atoms with van der Waals surface area (Å²) in [7, 11) is 0. The molecule has 2 aliphatic carbocycles. The van der Waals surface area contributed by atoms with Crippen LogP contribution in [0.5, 0.6) is 0 Å². The van der Waals surface area contributed by atoms with Gasteiger partial charge < -0.3 is 20.1 Å². The number of ether oxygens (including phenoxy) is 1. The number of nitrogens with zero attached hydrogens (tertiary/aromatic N) is 1. The second kappa shape index (κ2) is 6.22. The number of urea groups is 1. The first-order chi connectivity index (χ1) is 10.1. The monoisotopic (exact) mass is 296 g/mol. The maximum absolute atomic E-state index is 12.3. The number of hydrogen-bond donors (Lipinski definition) is 2. The zero-order valence-electron chi connectivity index (χ0n) is 12.3. The van der Waals surface area contributed by atoms with E-state index >= 15 is 0 Å². The highest BCUT2D eigenvalue weighted by molar-refractivity contribution is 5.76. The van der Waals surface area contributed by atoms with Gasteiger partial charge in [-0.3, -0.25) is 4.79 Å². The van der Waals surface area contributed by atoms with Gasteiger partial charge in [0.25, 0.3) is 0 Å². The van der Waals surface area contributed by atoms with E-state index in [1.54, 1.807) is 4.90 Å². The molecule has 21 heavy (non-hydrogen) atoms. The Morgan fingerprint density at radius 1 is 1.24 bits per heavy atom. The molecule has 1 aliphatic heterocycles.